The van der Waals surface area contributed by atoms with Crippen LogP contribution in [0.1, 0.15) is 25.7 Å². The van der Waals surface area contributed by atoms with Gasteiger partial charge in [-0.2, -0.15) is 6.20 Å². The van der Waals surface area contributed by atoms with Crippen LogP contribution < -0.4 is 15.6 Å². The van der Waals surface area contributed by atoms with E-state index in [0.29, 0.717) is 11.8 Å². The average Bonchev–Trinajstić information content (AvgIpc) is 3.59. The monoisotopic (exact) mass is 568 g/mol. The molecule has 2 fully saturated rings. The fourth-order valence-electron chi connectivity index (χ4n) is 7.43. The average molecular weight is 569 g/mol. The minimum Gasteiger partial charge on any atom is -0.661 e. The molecule has 2 bridgehead atoms. The largest absolute Gasteiger partial charge is 0.661 e. The molecule has 1 saturated heterocycles. The molecule has 11 nitrogen and oxygen atoms in total. The summed E-state index contributed by atoms with van der Waals surface area (Å²) < 4.78 is 30.0. The third kappa shape index (κ3) is 4.34. The maximum absolute atomic E-state index is 13.0. The number of carboxylic acids is 1. The molecular weight excluding hydrogens is 534 g/mol. The van der Waals surface area contributed by atoms with Crippen LogP contribution in [0.15, 0.2) is 48.9 Å². The number of hydrogen-bond donors (Lipinski definition) is 3. The van der Waals surface area contributed by atoms with E-state index in [9.17, 15) is 24.9 Å². The second-order valence-corrected chi connectivity index (χ2v) is 11.4. The number of nitrogens with zero attached hydrogens (tertiary/aromatic N) is 1. The SMILES string of the molecule is C=C[C@@H]1[C@H](CC(=O)O)C(C(=O)OC)=C[C@]23CCC[C@@H]2/C=C/OC[C@H]2O[C@@H](O[C@@H]13)[C@H](O)[C@@H](O)[C@@]21C=c2cc[n-]c2=CO1. The molecule has 0 amide bonds. The lowest BCUT2D eigenvalue weighted by atomic mass is 9.59. The van der Waals surface area contributed by atoms with Gasteiger partial charge in [0.15, 0.2) is 11.9 Å². The Labute approximate surface area is 236 Å². The first-order chi connectivity index (χ1) is 19.7. The van der Waals surface area contributed by atoms with E-state index in [1.165, 1.54) is 13.4 Å². The van der Waals surface area contributed by atoms with Gasteiger partial charge in [0, 0.05) is 22.8 Å². The Balaban J connectivity index is 1.46. The zero-order chi connectivity index (χ0) is 28.9. The van der Waals surface area contributed by atoms with Crippen LogP contribution in [-0.4, -0.2) is 77.3 Å². The highest BCUT2D eigenvalue weighted by Crippen LogP contribution is 2.57. The van der Waals surface area contributed by atoms with Gasteiger partial charge in [-0.15, -0.1) is 6.58 Å². The molecule has 0 unspecified atom stereocenters. The van der Waals surface area contributed by atoms with Crippen molar-refractivity contribution in [2.45, 2.75) is 62.0 Å². The highest BCUT2D eigenvalue weighted by atomic mass is 16.7. The highest BCUT2D eigenvalue weighted by Gasteiger charge is 2.61. The third-order valence-electron chi connectivity index (χ3n) is 9.39. The van der Waals surface area contributed by atoms with Gasteiger partial charge in [0.1, 0.15) is 24.9 Å². The molecule has 0 radical (unpaired) electrons. The van der Waals surface area contributed by atoms with Gasteiger partial charge in [-0.25, -0.2) is 4.79 Å². The van der Waals surface area contributed by atoms with Gasteiger partial charge in [-0.3, -0.25) is 4.79 Å². The molecule has 10 atom stereocenters. The molecule has 1 aromatic heterocycles. The summed E-state index contributed by atoms with van der Waals surface area (Å²) in [4.78, 5) is 29.2. The topological polar surface area (TPSA) is 155 Å². The van der Waals surface area contributed by atoms with Gasteiger partial charge in [0.25, 0.3) is 0 Å². The first-order valence-electron chi connectivity index (χ1n) is 13.8. The van der Waals surface area contributed by atoms with E-state index < -0.39 is 65.5 Å². The number of fused-ring (bicyclic) bond motifs is 4. The number of methoxy groups -OCH3 is 1. The third-order valence-corrected chi connectivity index (χ3v) is 9.39. The molecule has 2 aliphatic carbocycles. The molecule has 41 heavy (non-hydrogen) atoms. The number of aliphatic carboxylic acids is 1. The number of carboxylic acid groups (broad SMARTS) is 1. The van der Waals surface area contributed by atoms with Gasteiger partial charge < -0.3 is 44.0 Å². The number of carbonyl (C=O) groups excluding carboxylic acids is 1. The molecule has 3 N–H and O–H groups in total. The number of carbonyl (C=O) groups is 2. The molecular formula is C30H34NO10-. The van der Waals surface area contributed by atoms with E-state index >= 15 is 0 Å². The molecule has 11 heteroatoms. The van der Waals surface area contributed by atoms with E-state index in [2.05, 4.69) is 11.6 Å². The second kappa shape index (κ2) is 10.5. The molecule has 3 aliphatic heterocycles. The van der Waals surface area contributed by atoms with Crippen molar-refractivity contribution >= 4 is 24.3 Å². The number of ether oxygens (including phenoxy) is 5. The number of aliphatic hydroxyl groups is 2. The van der Waals surface area contributed by atoms with Crippen LogP contribution in [-0.2, 0) is 33.3 Å². The summed E-state index contributed by atoms with van der Waals surface area (Å²) >= 11 is 0. The normalized spacial score (nSPS) is 41.8. The summed E-state index contributed by atoms with van der Waals surface area (Å²) in [6.07, 6.45) is 7.53. The Morgan fingerprint density at radius 1 is 1.27 bits per heavy atom. The quantitative estimate of drug-likeness (QED) is 0.335. The predicted octanol–water partition coefficient (Wildman–Crippen LogP) is 0.0997. The van der Waals surface area contributed by atoms with Crippen LogP contribution in [0.4, 0.5) is 0 Å². The molecule has 5 aliphatic rings. The first-order valence-corrected chi connectivity index (χ1v) is 13.8. The van der Waals surface area contributed by atoms with Crippen molar-refractivity contribution in [1.82, 2.24) is 4.98 Å². The van der Waals surface area contributed by atoms with E-state index in [0.717, 1.165) is 18.1 Å². The number of aliphatic hydroxyl groups excluding tert-OH is 2. The molecule has 6 rings (SSSR count). The lowest BCUT2D eigenvalue weighted by Crippen LogP contribution is -2.69. The summed E-state index contributed by atoms with van der Waals surface area (Å²) in [6, 6.07) is 1.78. The molecule has 220 valence electrons. The van der Waals surface area contributed by atoms with E-state index in [-0.39, 0.29) is 24.5 Å². The Morgan fingerprint density at radius 2 is 2.10 bits per heavy atom. The number of esters is 1. The Morgan fingerprint density at radius 3 is 2.85 bits per heavy atom. The van der Waals surface area contributed by atoms with Crippen molar-refractivity contribution in [3.05, 3.63) is 59.5 Å². The van der Waals surface area contributed by atoms with Crippen LogP contribution >= 0.6 is 0 Å². The van der Waals surface area contributed by atoms with E-state index in [4.69, 9.17) is 23.7 Å². The maximum atomic E-state index is 13.0. The van der Waals surface area contributed by atoms with Gasteiger partial charge >= 0.3 is 11.9 Å². The summed E-state index contributed by atoms with van der Waals surface area (Å²) in [6.45, 7) is 3.97. The van der Waals surface area contributed by atoms with Crippen LogP contribution in [0.25, 0.3) is 12.3 Å². The highest BCUT2D eigenvalue weighted by molar-refractivity contribution is 5.90. The number of rotatable bonds is 4. The van der Waals surface area contributed by atoms with Crippen molar-refractivity contribution in [2.75, 3.05) is 13.7 Å². The number of hydrogen-bond acceptors (Lipinski definition) is 9. The van der Waals surface area contributed by atoms with Crippen molar-refractivity contribution in [3.8, 4) is 0 Å². The Bertz CT molecular complexity index is 1400. The minimum atomic E-state index is -1.54. The van der Waals surface area contributed by atoms with E-state index in [1.807, 2.05) is 6.08 Å². The summed E-state index contributed by atoms with van der Waals surface area (Å²) in [7, 11) is 1.27. The summed E-state index contributed by atoms with van der Waals surface area (Å²) in [5, 5.41) is 34.1. The summed E-state index contributed by atoms with van der Waals surface area (Å²) in [5.41, 5.74) is -2.00. The van der Waals surface area contributed by atoms with Crippen molar-refractivity contribution in [2.24, 2.45) is 23.2 Å². The Kier molecular flexibility index (Phi) is 7.09. The number of allylic oxidation sites excluding steroid dienone is 1. The zero-order valence-electron chi connectivity index (χ0n) is 22.6. The molecule has 1 aromatic rings. The van der Waals surface area contributed by atoms with E-state index in [1.54, 1.807) is 36.8 Å². The molecule has 1 saturated carbocycles. The Hall–Kier alpha value is -3.38. The minimum absolute atomic E-state index is 0.0197. The predicted molar refractivity (Wildman–Crippen MR) is 142 cm³/mol. The van der Waals surface area contributed by atoms with Gasteiger partial charge in [-0.05, 0) is 36.1 Å². The van der Waals surface area contributed by atoms with Gasteiger partial charge in [-0.1, -0.05) is 30.0 Å². The van der Waals surface area contributed by atoms with Crippen LogP contribution in [0.2, 0.25) is 0 Å². The molecule has 0 aromatic carbocycles. The first kappa shape index (κ1) is 27.8. The maximum Gasteiger partial charge on any atom is 0.333 e. The molecule has 4 heterocycles. The van der Waals surface area contributed by atoms with Crippen molar-refractivity contribution < 1.29 is 48.6 Å². The zero-order valence-corrected chi connectivity index (χ0v) is 22.6. The fourth-order valence-corrected chi connectivity index (χ4v) is 7.43. The lowest BCUT2D eigenvalue weighted by Gasteiger charge is -2.53. The summed E-state index contributed by atoms with van der Waals surface area (Å²) in [5.74, 6) is -3.27. The van der Waals surface area contributed by atoms with Gasteiger partial charge in [0.2, 0.25) is 0 Å². The lowest BCUT2D eigenvalue weighted by molar-refractivity contribution is -0.334. The van der Waals surface area contributed by atoms with Crippen molar-refractivity contribution in [3.63, 3.8) is 0 Å². The smallest absolute Gasteiger partial charge is 0.333 e. The second-order valence-electron chi connectivity index (χ2n) is 11.4. The molecule has 2 spiro atoms. The van der Waals surface area contributed by atoms with Crippen LogP contribution in [0.3, 0.4) is 0 Å². The van der Waals surface area contributed by atoms with Crippen molar-refractivity contribution in [1.29, 1.82) is 0 Å². The standard InChI is InChI=1S/C30H34NO10/c1-3-18-19(11-23(32)33)20(27(36)37-2)13-29-8-4-5-17(29)7-10-38-15-22-30(12-16-6-9-31-21(16)14-39-30)25(35)24(34)28(40-22)41-26(18)29/h3,6-7,9-10,12-14,17-19,22,24-26,28,34-35H,1,4-5,8,11,15H2,2H3,(H,32,33)/q-1/b10-7+/t17-,18-,19+,22-,24-,25-,26+,28+,29-,30-/m1/s1. The van der Waals surface area contributed by atoms with Crippen LogP contribution in [0.5, 0.6) is 0 Å². The van der Waals surface area contributed by atoms with Gasteiger partial charge in [0.05, 0.1) is 32.2 Å². The number of aromatic nitrogens is 1. The van der Waals surface area contributed by atoms with Crippen LogP contribution in [0, 0.1) is 23.2 Å². The fraction of sp³-hybridized carbons (Fsp3) is 0.533.